The van der Waals surface area contributed by atoms with Crippen molar-refractivity contribution in [2.45, 2.75) is 39.2 Å². The summed E-state index contributed by atoms with van der Waals surface area (Å²) < 4.78 is 0. The molecule has 0 aliphatic carbocycles. The molecule has 0 aromatic carbocycles. The lowest BCUT2D eigenvalue weighted by molar-refractivity contribution is 0.1000. The van der Waals surface area contributed by atoms with Crippen molar-refractivity contribution >= 4 is 11.7 Å². The van der Waals surface area contributed by atoms with Crippen LogP contribution in [-0.2, 0) is 0 Å². The van der Waals surface area contributed by atoms with Gasteiger partial charge in [-0.25, -0.2) is 4.98 Å². The molecule has 116 valence electrons. The maximum atomic E-state index is 11.1. The summed E-state index contributed by atoms with van der Waals surface area (Å²) in [6.45, 7) is 7.58. The third-order valence-electron chi connectivity index (χ3n) is 4.24. The smallest absolute Gasteiger partial charge is 0.250 e. The summed E-state index contributed by atoms with van der Waals surface area (Å²) in [6.07, 6.45) is 5.17. The molecule has 1 aromatic rings. The van der Waals surface area contributed by atoms with Crippen molar-refractivity contribution < 1.29 is 4.79 Å². The topological polar surface area (TPSA) is 71.2 Å². The number of amides is 1. The first-order chi connectivity index (χ1) is 10.1. The van der Waals surface area contributed by atoms with Crippen LogP contribution in [0.2, 0.25) is 0 Å². The predicted octanol–water partition coefficient (Wildman–Crippen LogP) is 1.78. The first kappa shape index (κ1) is 15.8. The number of anilines is 1. The van der Waals surface area contributed by atoms with Crippen LogP contribution in [0.5, 0.6) is 0 Å². The summed E-state index contributed by atoms with van der Waals surface area (Å²) >= 11 is 0. The Balaban J connectivity index is 1.98. The van der Waals surface area contributed by atoms with E-state index >= 15 is 0 Å². The Hall–Kier alpha value is -1.62. The van der Waals surface area contributed by atoms with E-state index in [2.05, 4.69) is 29.0 Å². The van der Waals surface area contributed by atoms with Gasteiger partial charge in [0, 0.05) is 25.3 Å². The Morgan fingerprint density at radius 3 is 3.00 bits per heavy atom. The Morgan fingerprint density at radius 1 is 1.57 bits per heavy atom. The first-order valence-electron chi connectivity index (χ1n) is 7.86. The van der Waals surface area contributed by atoms with Gasteiger partial charge in [-0.2, -0.15) is 0 Å². The Labute approximate surface area is 126 Å². The Bertz CT molecular complexity index is 460. The third-order valence-corrected chi connectivity index (χ3v) is 4.24. The normalized spacial score (nSPS) is 20.3. The number of carbonyl (C=O) groups excluding carboxylic acids is 1. The number of nitrogens with two attached hydrogens (primary N) is 1. The molecule has 1 saturated heterocycles. The second-order valence-corrected chi connectivity index (χ2v) is 5.86. The number of rotatable bonds is 6. The fourth-order valence-corrected chi connectivity index (χ4v) is 2.88. The van der Waals surface area contributed by atoms with Gasteiger partial charge in [0.2, 0.25) is 5.91 Å². The quantitative estimate of drug-likeness (QED) is 0.838. The van der Waals surface area contributed by atoms with Crippen LogP contribution in [-0.4, -0.2) is 36.6 Å². The second-order valence-electron chi connectivity index (χ2n) is 5.86. The summed E-state index contributed by atoms with van der Waals surface area (Å²) in [5.74, 6) is 1.15. The number of primary amides is 1. The molecule has 2 atom stereocenters. The van der Waals surface area contributed by atoms with E-state index in [1.165, 1.54) is 12.8 Å². The molecule has 0 saturated carbocycles. The highest BCUT2D eigenvalue weighted by molar-refractivity contribution is 5.92. The van der Waals surface area contributed by atoms with E-state index in [9.17, 15) is 4.79 Å². The molecule has 2 rings (SSSR count). The largest absolute Gasteiger partial charge is 0.366 e. The van der Waals surface area contributed by atoms with Crippen LogP contribution >= 0.6 is 0 Å². The second kappa shape index (κ2) is 7.41. The molecule has 1 aromatic heterocycles. The van der Waals surface area contributed by atoms with Gasteiger partial charge in [0.25, 0.3) is 0 Å². The summed E-state index contributed by atoms with van der Waals surface area (Å²) in [7, 11) is 0. The monoisotopic (exact) mass is 290 g/mol. The van der Waals surface area contributed by atoms with Crippen molar-refractivity contribution in [3.8, 4) is 0 Å². The number of nitrogens with one attached hydrogen (secondary N) is 1. The van der Waals surface area contributed by atoms with Crippen molar-refractivity contribution in [1.29, 1.82) is 0 Å². The van der Waals surface area contributed by atoms with E-state index in [1.54, 1.807) is 12.3 Å². The molecule has 1 aliphatic rings. The van der Waals surface area contributed by atoms with Crippen molar-refractivity contribution in [3.63, 3.8) is 0 Å². The van der Waals surface area contributed by atoms with Crippen molar-refractivity contribution in [3.05, 3.63) is 23.9 Å². The highest BCUT2D eigenvalue weighted by Gasteiger charge is 2.25. The molecule has 0 bridgehead atoms. The fourth-order valence-electron chi connectivity index (χ4n) is 2.88. The summed E-state index contributed by atoms with van der Waals surface area (Å²) in [6, 6.07) is 4.18. The van der Waals surface area contributed by atoms with Gasteiger partial charge in [-0.05, 0) is 50.8 Å². The molecular weight excluding hydrogens is 264 g/mol. The number of carbonyl (C=O) groups is 1. The van der Waals surface area contributed by atoms with Gasteiger partial charge in [-0.1, -0.05) is 6.92 Å². The van der Waals surface area contributed by atoms with Crippen LogP contribution < -0.4 is 16.0 Å². The molecule has 5 heteroatoms. The number of pyridine rings is 1. The molecule has 1 fully saturated rings. The number of nitrogens with zero attached hydrogens (tertiary/aromatic N) is 2. The maximum absolute atomic E-state index is 11.1. The number of piperidine rings is 1. The standard InChI is InChI=1S/C16H26N4O/c1-3-8-18-12(2)14-5-4-9-20(11-14)15-7-6-13(10-19-15)16(17)21/h6-7,10,12,14,18H,3-5,8-9,11H2,1-2H3,(H2,17,21). The minimum atomic E-state index is -0.428. The molecule has 3 N–H and O–H groups in total. The van der Waals surface area contributed by atoms with Crippen LogP contribution in [0, 0.1) is 5.92 Å². The van der Waals surface area contributed by atoms with Crippen LogP contribution in [0.25, 0.3) is 0 Å². The van der Waals surface area contributed by atoms with E-state index in [-0.39, 0.29) is 0 Å². The number of aromatic nitrogens is 1. The lowest BCUT2D eigenvalue weighted by Crippen LogP contribution is -2.45. The van der Waals surface area contributed by atoms with Crippen molar-refractivity contribution in [2.75, 3.05) is 24.5 Å². The maximum Gasteiger partial charge on any atom is 0.250 e. The van der Waals surface area contributed by atoms with Gasteiger partial charge in [-0.15, -0.1) is 0 Å². The van der Waals surface area contributed by atoms with Crippen LogP contribution in [0.1, 0.15) is 43.5 Å². The molecule has 1 amide bonds. The van der Waals surface area contributed by atoms with Gasteiger partial charge < -0.3 is 16.0 Å². The fraction of sp³-hybridized carbons (Fsp3) is 0.625. The minimum absolute atomic E-state index is 0.428. The van der Waals surface area contributed by atoms with Gasteiger partial charge >= 0.3 is 0 Å². The average Bonchev–Trinajstić information content (AvgIpc) is 2.52. The SMILES string of the molecule is CCCNC(C)C1CCCN(c2ccc(C(N)=O)cn2)C1. The van der Waals surface area contributed by atoms with E-state index in [0.29, 0.717) is 17.5 Å². The van der Waals surface area contributed by atoms with Crippen molar-refractivity contribution in [2.24, 2.45) is 11.7 Å². The van der Waals surface area contributed by atoms with E-state index in [1.807, 2.05) is 6.07 Å². The molecule has 2 unspecified atom stereocenters. The minimum Gasteiger partial charge on any atom is -0.366 e. The predicted molar refractivity (Wildman–Crippen MR) is 85.4 cm³/mol. The molecule has 21 heavy (non-hydrogen) atoms. The zero-order chi connectivity index (χ0) is 15.2. The summed E-state index contributed by atoms with van der Waals surface area (Å²) in [4.78, 5) is 17.8. The van der Waals surface area contributed by atoms with Crippen LogP contribution in [0.3, 0.4) is 0 Å². The van der Waals surface area contributed by atoms with Gasteiger partial charge in [0.15, 0.2) is 0 Å². The molecule has 0 radical (unpaired) electrons. The summed E-state index contributed by atoms with van der Waals surface area (Å²) in [5, 5.41) is 3.59. The van der Waals surface area contributed by atoms with Crippen LogP contribution in [0.15, 0.2) is 18.3 Å². The highest BCUT2D eigenvalue weighted by Crippen LogP contribution is 2.23. The van der Waals surface area contributed by atoms with Gasteiger partial charge in [0.1, 0.15) is 5.82 Å². The van der Waals surface area contributed by atoms with E-state index in [0.717, 1.165) is 31.9 Å². The Kier molecular flexibility index (Phi) is 5.56. The van der Waals surface area contributed by atoms with Gasteiger partial charge in [0.05, 0.1) is 5.56 Å². The highest BCUT2D eigenvalue weighted by atomic mass is 16.1. The van der Waals surface area contributed by atoms with Gasteiger partial charge in [-0.3, -0.25) is 4.79 Å². The summed E-state index contributed by atoms with van der Waals surface area (Å²) in [5.41, 5.74) is 5.71. The third kappa shape index (κ3) is 4.17. The number of hydrogen-bond donors (Lipinski definition) is 2. The average molecular weight is 290 g/mol. The van der Waals surface area contributed by atoms with Crippen molar-refractivity contribution in [1.82, 2.24) is 10.3 Å². The Morgan fingerprint density at radius 2 is 2.38 bits per heavy atom. The van der Waals surface area contributed by atoms with E-state index < -0.39 is 5.91 Å². The van der Waals surface area contributed by atoms with E-state index in [4.69, 9.17) is 5.73 Å². The zero-order valence-corrected chi connectivity index (χ0v) is 13.0. The molecule has 2 heterocycles. The first-order valence-corrected chi connectivity index (χ1v) is 7.86. The molecule has 5 nitrogen and oxygen atoms in total. The lowest BCUT2D eigenvalue weighted by Gasteiger charge is -2.36. The molecule has 1 aliphatic heterocycles. The zero-order valence-electron chi connectivity index (χ0n) is 13.0. The van der Waals surface area contributed by atoms with Crippen LogP contribution in [0.4, 0.5) is 5.82 Å². The molecule has 0 spiro atoms. The lowest BCUT2D eigenvalue weighted by atomic mass is 9.91. The molecular formula is C16H26N4O. The number of hydrogen-bond acceptors (Lipinski definition) is 4.